The minimum atomic E-state index is -1.01. The molecule has 1 aliphatic carbocycles. The molecule has 1 fully saturated rings. The zero-order chi connectivity index (χ0) is 21.5. The molecule has 1 spiro atoms. The minimum absolute atomic E-state index is 0.0891. The number of hydrogen-bond donors (Lipinski definition) is 1. The van der Waals surface area contributed by atoms with Gasteiger partial charge >= 0.3 is 5.97 Å². The first kappa shape index (κ1) is 20.6. The smallest absolute Gasteiger partial charge is 0.340 e. The van der Waals surface area contributed by atoms with E-state index in [1.54, 1.807) is 24.3 Å². The molecular formula is C21H17Cl2FN2O4. The number of para-hydroxylation sites is 2. The van der Waals surface area contributed by atoms with E-state index in [0.717, 1.165) is 25.0 Å². The Kier molecular flexibility index (Phi) is 5.42. The van der Waals surface area contributed by atoms with Crippen LogP contribution in [0.25, 0.3) is 0 Å². The fraction of sp³-hybridized carbons (Fsp3) is 0.286. The number of carbonyl (C=O) groups excluding carboxylic acids is 3. The van der Waals surface area contributed by atoms with Crippen molar-refractivity contribution in [3.63, 3.8) is 0 Å². The zero-order valence-corrected chi connectivity index (χ0v) is 17.2. The molecule has 0 atom stereocenters. The van der Waals surface area contributed by atoms with Crippen LogP contribution in [0.3, 0.4) is 0 Å². The van der Waals surface area contributed by atoms with Crippen molar-refractivity contribution in [1.29, 1.82) is 0 Å². The lowest BCUT2D eigenvalue weighted by Gasteiger charge is -2.44. The molecule has 2 aromatic rings. The Morgan fingerprint density at radius 2 is 1.83 bits per heavy atom. The van der Waals surface area contributed by atoms with Crippen molar-refractivity contribution in [2.24, 2.45) is 0 Å². The van der Waals surface area contributed by atoms with Crippen molar-refractivity contribution < 1.29 is 23.5 Å². The van der Waals surface area contributed by atoms with Crippen molar-refractivity contribution in [2.45, 2.75) is 31.2 Å². The molecule has 0 radical (unpaired) electrons. The Morgan fingerprint density at radius 3 is 2.57 bits per heavy atom. The molecule has 2 aromatic carbocycles. The third-order valence-electron chi connectivity index (χ3n) is 5.48. The van der Waals surface area contributed by atoms with Gasteiger partial charge in [0.1, 0.15) is 11.4 Å². The standard InChI is InChI=1S/C21H17Cl2FN2O4/c22-13-10-14(23)15(24)9-12(13)19(28)30-11-18(27)26-17-6-2-1-5-16(17)25-20(29)21(26)7-3-4-8-21/h1-2,5-6,9-10H,3-4,7-8,11H2,(H,25,29). The Bertz CT molecular complexity index is 1050. The number of fused-ring (bicyclic) bond motifs is 1. The summed E-state index contributed by atoms with van der Waals surface area (Å²) >= 11 is 11.6. The summed E-state index contributed by atoms with van der Waals surface area (Å²) in [6, 6.07) is 8.92. The molecule has 0 aromatic heterocycles. The summed E-state index contributed by atoms with van der Waals surface area (Å²) in [6.07, 6.45) is 2.64. The number of amides is 2. The molecule has 156 valence electrons. The van der Waals surface area contributed by atoms with Gasteiger partial charge in [-0.1, -0.05) is 48.2 Å². The fourth-order valence-electron chi connectivity index (χ4n) is 4.08. The van der Waals surface area contributed by atoms with Crippen molar-refractivity contribution in [2.75, 3.05) is 16.8 Å². The summed E-state index contributed by atoms with van der Waals surface area (Å²) in [6.45, 7) is -0.622. The Labute approximate surface area is 181 Å². The Morgan fingerprint density at radius 1 is 1.13 bits per heavy atom. The lowest BCUT2D eigenvalue weighted by molar-refractivity contribution is -0.129. The average molecular weight is 451 g/mol. The van der Waals surface area contributed by atoms with E-state index < -0.39 is 29.8 Å². The van der Waals surface area contributed by atoms with Gasteiger partial charge in [-0.2, -0.15) is 0 Å². The number of halogens is 3. The van der Waals surface area contributed by atoms with Gasteiger partial charge in [-0.3, -0.25) is 14.5 Å². The van der Waals surface area contributed by atoms with Gasteiger partial charge in [-0.15, -0.1) is 0 Å². The zero-order valence-electron chi connectivity index (χ0n) is 15.7. The average Bonchev–Trinajstić information content (AvgIpc) is 3.20. The maximum Gasteiger partial charge on any atom is 0.340 e. The highest BCUT2D eigenvalue weighted by atomic mass is 35.5. The number of esters is 1. The van der Waals surface area contributed by atoms with Gasteiger partial charge in [-0.25, -0.2) is 9.18 Å². The normalized spacial score (nSPS) is 16.9. The fourth-order valence-corrected chi connectivity index (χ4v) is 4.54. The molecule has 0 saturated heterocycles. The first-order valence-electron chi connectivity index (χ1n) is 9.39. The summed E-state index contributed by atoms with van der Waals surface area (Å²) in [4.78, 5) is 39.8. The van der Waals surface area contributed by atoms with E-state index in [-0.39, 0.29) is 21.5 Å². The van der Waals surface area contributed by atoms with Gasteiger partial charge in [-0.05, 0) is 37.1 Å². The number of carbonyl (C=O) groups is 3. The molecule has 9 heteroatoms. The molecule has 1 N–H and O–H groups in total. The van der Waals surface area contributed by atoms with Crippen LogP contribution in [0.5, 0.6) is 0 Å². The largest absolute Gasteiger partial charge is 0.452 e. The van der Waals surface area contributed by atoms with Gasteiger partial charge in [0.15, 0.2) is 6.61 Å². The first-order chi connectivity index (χ1) is 14.3. The Balaban J connectivity index is 1.59. The SMILES string of the molecule is O=C(OCC(=O)N1c2ccccc2NC(=O)C12CCCC2)c1cc(F)c(Cl)cc1Cl. The molecule has 2 aliphatic rings. The van der Waals surface area contributed by atoms with Crippen LogP contribution < -0.4 is 10.2 Å². The predicted octanol–water partition coefficient (Wildman–Crippen LogP) is 4.59. The highest BCUT2D eigenvalue weighted by Gasteiger charge is 2.52. The first-order valence-corrected chi connectivity index (χ1v) is 10.1. The lowest BCUT2D eigenvalue weighted by Crippen LogP contribution is -2.61. The van der Waals surface area contributed by atoms with Gasteiger partial charge in [0, 0.05) is 0 Å². The van der Waals surface area contributed by atoms with E-state index >= 15 is 0 Å². The van der Waals surface area contributed by atoms with Crippen molar-refractivity contribution in [3.05, 3.63) is 57.8 Å². The molecule has 1 aliphatic heterocycles. The van der Waals surface area contributed by atoms with Crippen LogP contribution in [0.2, 0.25) is 10.0 Å². The van der Waals surface area contributed by atoms with Crippen LogP contribution in [-0.2, 0) is 14.3 Å². The summed E-state index contributed by atoms with van der Waals surface area (Å²) in [7, 11) is 0. The van der Waals surface area contributed by atoms with Crippen molar-refractivity contribution in [1.82, 2.24) is 0 Å². The molecule has 0 bridgehead atoms. The third kappa shape index (κ3) is 3.42. The number of nitrogens with one attached hydrogen (secondary N) is 1. The monoisotopic (exact) mass is 450 g/mol. The van der Waals surface area contributed by atoms with E-state index in [0.29, 0.717) is 24.2 Å². The number of hydrogen-bond acceptors (Lipinski definition) is 4. The summed E-state index contributed by atoms with van der Waals surface area (Å²) in [5.74, 6) is -2.58. The summed E-state index contributed by atoms with van der Waals surface area (Å²) in [5, 5.41) is 2.56. The van der Waals surface area contributed by atoms with Gasteiger partial charge < -0.3 is 10.1 Å². The van der Waals surface area contributed by atoms with Gasteiger partial charge in [0.2, 0.25) is 0 Å². The number of ether oxygens (including phenoxy) is 1. The highest BCUT2D eigenvalue weighted by molar-refractivity contribution is 6.36. The van der Waals surface area contributed by atoms with E-state index in [1.807, 2.05) is 0 Å². The number of anilines is 2. The van der Waals surface area contributed by atoms with Gasteiger partial charge in [0.25, 0.3) is 11.8 Å². The van der Waals surface area contributed by atoms with E-state index in [4.69, 9.17) is 27.9 Å². The van der Waals surface area contributed by atoms with Crippen LogP contribution in [0, 0.1) is 5.82 Å². The number of benzene rings is 2. The maximum absolute atomic E-state index is 13.7. The van der Waals surface area contributed by atoms with Crippen LogP contribution in [-0.4, -0.2) is 29.9 Å². The molecular weight excluding hydrogens is 434 g/mol. The summed E-state index contributed by atoms with van der Waals surface area (Å²) in [5.41, 5.74) is -0.182. The topological polar surface area (TPSA) is 75.7 Å². The molecule has 30 heavy (non-hydrogen) atoms. The molecule has 2 amide bonds. The maximum atomic E-state index is 13.7. The predicted molar refractivity (Wildman–Crippen MR) is 110 cm³/mol. The van der Waals surface area contributed by atoms with E-state index in [2.05, 4.69) is 5.32 Å². The molecule has 1 heterocycles. The van der Waals surface area contributed by atoms with Crippen LogP contribution >= 0.6 is 23.2 Å². The lowest BCUT2D eigenvalue weighted by atomic mass is 9.90. The van der Waals surface area contributed by atoms with Crippen LogP contribution in [0.15, 0.2) is 36.4 Å². The van der Waals surface area contributed by atoms with Crippen molar-refractivity contribution in [3.8, 4) is 0 Å². The Hall–Kier alpha value is -2.64. The van der Waals surface area contributed by atoms with E-state index in [9.17, 15) is 18.8 Å². The third-order valence-corrected chi connectivity index (χ3v) is 6.08. The second-order valence-electron chi connectivity index (χ2n) is 7.26. The van der Waals surface area contributed by atoms with E-state index in [1.165, 1.54) is 4.90 Å². The number of rotatable bonds is 3. The molecule has 4 rings (SSSR count). The van der Waals surface area contributed by atoms with Crippen LogP contribution in [0.4, 0.5) is 15.8 Å². The summed E-state index contributed by atoms with van der Waals surface area (Å²) < 4.78 is 18.8. The molecule has 1 saturated carbocycles. The number of nitrogens with zero attached hydrogens (tertiary/aromatic N) is 1. The quantitative estimate of drug-likeness (QED) is 0.548. The van der Waals surface area contributed by atoms with Crippen LogP contribution in [0.1, 0.15) is 36.0 Å². The van der Waals surface area contributed by atoms with Crippen molar-refractivity contribution >= 4 is 52.4 Å². The molecule has 0 unspecified atom stereocenters. The molecule has 6 nitrogen and oxygen atoms in total. The minimum Gasteiger partial charge on any atom is -0.452 e. The second kappa shape index (κ2) is 7.89. The van der Waals surface area contributed by atoms with Gasteiger partial charge in [0.05, 0.1) is 27.0 Å². The highest BCUT2D eigenvalue weighted by Crippen LogP contribution is 2.45. The second-order valence-corrected chi connectivity index (χ2v) is 8.08.